The second kappa shape index (κ2) is 6.31. The van der Waals surface area contributed by atoms with E-state index in [0.717, 1.165) is 4.31 Å². The summed E-state index contributed by atoms with van der Waals surface area (Å²) < 4.78 is 25.8. The first-order valence-electron chi connectivity index (χ1n) is 5.64. The Morgan fingerprint density at radius 1 is 1.58 bits per heavy atom. The predicted octanol–water partition coefficient (Wildman–Crippen LogP) is 1.61. The maximum absolute atomic E-state index is 12.4. The third-order valence-electron chi connectivity index (χ3n) is 2.69. The van der Waals surface area contributed by atoms with E-state index in [1.807, 2.05) is 0 Å². The van der Waals surface area contributed by atoms with E-state index in [9.17, 15) is 13.2 Å². The number of nitrogens with zero attached hydrogens (tertiary/aromatic N) is 2. The van der Waals surface area contributed by atoms with Crippen LogP contribution < -0.4 is 0 Å². The number of hydrogen-bond acceptors (Lipinski definition) is 4. The second-order valence-electron chi connectivity index (χ2n) is 3.99. The number of rotatable bonds is 6. The first kappa shape index (κ1) is 15.9. The monoisotopic (exact) mass is 306 g/mol. The van der Waals surface area contributed by atoms with Gasteiger partial charge >= 0.3 is 5.97 Å². The fraction of sp³-hybridized carbons (Fsp3) is 0.455. The molecule has 0 saturated carbocycles. The Morgan fingerprint density at radius 2 is 2.21 bits per heavy atom. The van der Waals surface area contributed by atoms with Gasteiger partial charge in [0.1, 0.15) is 16.6 Å². The first-order valence-corrected chi connectivity index (χ1v) is 7.46. The van der Waals surface area contributed by atoms with Crippen molar-refractivity contribution in [3.05, 3.63) is 23.5 Å². The molecule has 0 aliphatic rings. The van der Waals surface area contributed by atoms with Crippen LogP contribution >= 0.6 is 11.6 Å². The first-order chi connectivity index (χ1) is 8.80. The topological polar surface area (TPSA) is 87.6 Å². The van der Waals surface area contributed by atoms with Gasteiger partial charge in [0, 0.05) is 12.2 Å². The van der Waals surface area contributed by atoms with Gasteiger partial charge in [-0.15, -0.1) is 0 Å². The van der Waals surface area contributed by atoms with Gasteiger partial charge in [-0.2, -0.15) is 4.31 Å². The van der Waals surface area contributed by atoms with Crippen LogP contribution in [0, 0.1) is 0 Å². The minimum Gasteiger partial charge on any atom is -0.480 e. The van der Waals surface area contributed by atoms with Crippen LogP contribution in [0.4, 0.5) is 0 Å². The minimum absolute atomic E-state index is 0.166. The third kappa shape index (κ3) is 3.65. The number of carboxylic acids is 1. The zero-order valence-corrected chi connectivity index (χ0v) is 12.1. The lowest BCUT2D eigenvalue weighted by molar-refractivity contribution is -0.137. The number of aromatic nitrogens is 1. The Morgan fingerprint density at radius 3 is 2.68 bits per heavy atom. The molecule has 1 rings (SSSR count). The molecule has 0 aromatic carbocycles. The molecule has 0 radical (unpaired) electrons. The van der Waals surface area contributed by atoms with Crippen molar-refractivity contribution in [1.82, 2.24) is 9.29 Å². The number of sulfonamides is 1. The molecule has 0 aliphatic carbocycles. The Hall–Kier alpha value is -1.18. The molecule has 1 aromatic heterocycles. The summed E-state index contributed by atoms with van der Waals surface area (Å²) in [5.74, 6) is -1.22. The van der Waals surface area contributed by atoms with E-state index < -0.39 is 28.6 Å². The molecule has 1 N–H and O–H groups in total. The molecule has 8 heteroatoms. The van der Waals surface area contributed by atoms with E-state index in [0.29, 0.717) is 6.42 Å². The molecule has 6 nitrogen and oxygen atoms in total. The van der Waals surface area contributed by atoms with E-state index in [1.54, 1.807) is 13.8 Å². The molecule has 1 atom stereocenters. The van der Waals surface area contributed by atoms with Crippen molar-refractivity contribution in [2.45, 2.75) is 31.2 Å². The summed E-state index contributed by atoms with van der Waals surface area (Å²) in [5, 5.41) is 8.69. The molecule has 1 aromatic rings. The maximum atomic E-state index is 12.4. The molecule has 0 amide bonds. The molecule has 0 aliphatic heterocycles. The van der Waals surface area contributed by atoms with Crippen molar-refractivity contribution in [3.63, 3.8) is 0 Å². The molecule has 0 spiro atoms. The lowest BCUT2D eigenvalue weighted by Gasteiger charge is -2.26. The highest BCUT2D eigenvalue weighted by Crippen LogP contribution is 2.24. The predicted molar refractivity (Wildman–Crippen MR) is 70.5 cm³/mol. The highest BCUT2D eigenvalue weighted by atomic mass is 35.5. The van der Waals surface area contributed by atoms with Crippen molar-refractivity contribution in [3.8, 4) is 0 Å². The molecular formula is C11H15ClN2O4S. The van der Waals surface area contributed by atoms with Gasteiger partial charge in [-0.1, -0.05) is 18.5 Å². The summed E-state index contributed by atoms with van der Waals surface area (Å²) in [6.45, 7) is 2.81. The van der Waals surface area contributed by atoms with Crippen LogP contribution in [-0.2, 0) is 14.8 Å². The fourth-order valence-electron chi connectivity index (χ4n) is 1.50. The van der Waals surface area contributed by atoms with Gasteiger partial charge in [0.2, 0.25) is 10.0 Å². The fourth-order valence-corrected chi connectivity index (χ4v) is 3.59. The zero-order valence-electron chi connectivity index (χ0n) is 10.6. The van der Waals surface area contributed by atoms with Gasteiger partial charge in [-0.25, -0.2) is 13.4 Å². The highest BCUT2D eigenvalue weighted by Gasteiger charge is 2.32. The van der Waals surface area contributed by atoms with Gasteiger partial charge in [-0.05, 0) is 25.5 Å². The van der Waals surface area contributed by atoms with Crippen LogP contribution in [0.3, 0.4) is 0 Å². The van der Waals surface area contributed by atoms with Crippen LogP contribution in [-0.4, -0.2) is 41.4 Å². The quantitative estimate of drug-likeness (QED) is 0.807. The normalized spacial score (nSPS) is 13.5. The van der Waals surface area contributed by atoms with Crippen molar-refractivity contribution in [1.29, 1.82) is 0 Å². The van der Waals surface area contributed by atoms with Crippen LogP contribution in [0.15, 0.2) is 23.2 Å². The Bertz CT molecular complexity index is 562. The lowest BCUT2D eigenvalue weighted by atomic mass is 10.2. The summed E-state index contributed by atoms with van der Waals surface area (Å²) in [6.07, 6.45) is 1.86. The highest BCUT2D eigenvalue weighted by molar-refractivity contribution is 7.89. The minimum atomic E-state index is -3.98. The Labute approximate surface area is 117 Å². The van der Waals surface area contributed by atoms with Gasteiger partial charge in [0.05, 0.1) is 0 Å². The van der Waals surface area contributed by atoms with Gasteiger partial charge in [0.15, 0.2) is 0 Å². The Kier molecular flexibility index (Phi) is 5.28. The van der Waals surface area contributed by atoms with Crippen LogP contribution in [0.25, 0.3) is 0 Å². The Balaban J connectivity index is 3.27. The molecule has 19 heavy (non-hydrogen) atoms. The number of halogens is 1. The summed E-state index contributed by atoms with van der Waals surface area (Å²) >= 11 is 5.77. The van der Waals surface area contributed by atoms with E-state index in [2.05, 4.69) is 4.98 Å². The number of carboxylic acid groups (broad SMARTS) is 1. The van der Waals surface area contributed by atoms with Crippen LogP contribution in [0.5, 0.6) is 0 Å². The second-order valence-corrected chi connectivity index (χ2v) is 6.21. The van der Waals surface area contributed by atoms with Gasteiger partial charge < -0.3 is 5.11 Å². The van der Waals surface area contributed by atoms with Crippen LogP contribution in [0.1, 0.15) is 20.3 Å². The molecular weight excluding hydrogens is 292 g/mol. The number of carbonyl (C=O) groups is 1. The number of aliphatic carboxylic acids is 1. The lowest BCUT2D eigenvalue weighted by Crippen LogP contribution is -2.41. The van der Waals surface area contributed by atoms with Crippen molar-refractivity contribution in [2.24, 2.45) is 0 Å². The third-order valence-corrected chi connectivity index (χ3v) is 5.09. The molecule has 106 valence electrons. The zero-order chi connectivity index (χ0) is 14.6. The standard InChI is InChI=1S/C11H15ClN2O4S/c1-3-8(2)14(7-10(15)16)19(17,18)9-5-4-6-13-11(9)12/h4-6,8H,3,7H2,1-2H3,(H,15,16)/t8-/m0/s1. The van der Waals surface area contributed by atoms with E-state index in [1.165, 1.54) is 18.3 Å². The SMILES string of the molecule is CC[C@H](C)N(CC(=O)O)S(=O)(=O)c1cccnc1Cl. The van der Waals surface area contributed by atoms with Gasteiger partial charge in [-0.3, -0.25) is 4.79 Å². The van der Waals surface area contributed by atoms with Gasteiger partial charge in [0.25, 0.3) is 0 Å². The van der Waals surface area contributed by atoms with E-state index in [4.69, 9.17) is 16.7 Å². The van der Waals surface area contributed by atoms with E-state index in [-0.39, 0.29) is 10.0 Å². The van der Waals surface area contributed by atoms with Crippen molar-refractivity contribution >= 4 is 27.6 Å². The molecule has 1 heterocycles. The van der Waals surface area contributed by atoms with E-state index >= 15 is 0 Å². The largest absolute Gasteiger partial charge is 0.480 e. The number of pyridine rings is 1. The van der Waals surface area contributed by atoms with Crippen molar-refractivity contribution in [2.75, 3.05) is 6.54 Å². The number of hydrogen-bond donors (Lipinski definition) is 1. The average molecular weight is 307 g/mol. The molecule has 0 fully saturated rings. The summed E-state index contributed by atoms with van der Waals surface area (Å²) in [6, 6.07) is 2.30. The maximum Gasteiger partial charge on any atom is 0.318 e. The van der Waals surface area contributed by atoms with Crippen LogP contribution in [0.2, 0.25) is 5.15 Å². The molecule has 0 unspecified atom stereocenters. The summed E-state index contributed by atoms with van der Waals surface area (Å²) in [5.41, 5.74) is 0. The van der Waals surface area contributed by atoms with Crippen molar-refractivity contribution < 1.29 is 18.3 Å². The molecule has 0 bridgehead atoms. The average Bonchev–Trinajstić information content (AvgIpc) is 2.35. The smallest absolute Gasteiger partial charge is 0.318 e. The summed E-state index contributed by atoms with van der Waals surface area (Å²) in [7, 11) is -3.98. The molecule has 0 saturated heterocycles. The summed E-state index contributed by atoms with van der Waals surface area (Å²) in [4.78, 5) is 14.4.